The molecule has 0 aliphatic rings. The Morgan fingerprint density at radius 2 is 0.821 bits per heavy atom. The molecule has 0 radical (unpaired) electrons. The van der Waals surface area contributed by atoms with Crippen LogP contribution in [0.2, 0.25) is 0 Å². The van der Waals surface area contributed by atoms with Crippen molar-refractivity contribution in [1.82, 2.24) is 0 Å². The fraction of sp³-hybridized carbons (Fsp3) is 0.333. The van der Waals surface area contributed by atoms with Crippen LogP contribution in [-0.2, 0) is 0 Å². The van der Waals surface area contributed by atoms with Crippen LogP contribution in [-0.4, -0.2) is 6.16 Å². The number of rotatable bonds is 11. The summed E-state index contributed by atoms with van der Waals surface area (Å²) in [6.07, 6.45) is 10.8. The number of benzene rings is 3. The van der Waals surface area contributed by atoms with Gasteiger partial charge in [-0.1, -0.05) is 0 Å². The third-order valence-electron chi connectivity index (χ3n) is 5.96. The molecule has 0 spiro atoms. The van der Waals surface area contributed by atoms with Crippen LogP contribution in [0.15, 0.2) is 91.0 Å². The third kappa shape index (κ3) is 5.12. The quantitative estimate of drug-likeness (QED) is 0.260. The van der Waals surface area contributed by atoms with Crippen molar-refractivity contribution >= 4 is 23.2 Å². The summed E-state index contributed by atoms with van der Waals surface area (Å²) in [6.45, 7) is 2.29. The molecule has 0 heterocycles. The number of unbranched alkanes of at least 4 members (excludes halogenated alkanes) is 6. The van der Waals surface area contributed by atoms with E-state index in [9.17, 15) is 0 Å². The molecule has 0 nitrogen and oxygen atoms in total. The molecule has 0 saturated heterocycles. The molecule has 0 unspecified atom stereocenters. The van der Waals surface area contributed by atoms with E-state index in [1.165, 1.54) is 51.1 Å². The fourth-order valence-electron chi connectivity index (χ4n) is 4.45. The van der Waals surface area contributed by atoms with Gasteiger partial charge in [-0.25, -0.2) is 0 Å². The first-order chi connectivity index (χ1) is 13.9. The minimum absolute atomic E-state index is 1.29. The van der Waals surface area contributed by atoms with Crippen molar-refractivity contribution in [2.45, 2.75) is 51.9 Å². The van der Waals surface area contributed by atoms with E-state index in [1.54, 1.807) is 15.9 Å². The van der Waals surface area contributed by atoms with Crippen molar-refractivity contribution < 1.29 is 0 Å². The molecule has 0 aliphatic carbocycles. The van der Waals surface area contributed by atoms with Gasteiger partial charge in [0.05, 0.1) is 0 Å². The first-order valence-corrected chi connectivity index (χ1v) is 13.2. The second-order valence-corrected chi connectivity index (χ2v) is 11.9. The van der Waals surface area contributed by atoms with Crippen molar-refractivity contribution in [3.63, 3.8) is 0 Å². The predicted molar refractivity (Wildman–Crippen MR) is 129 cm³/mol. The average molecular weight is 391 g/mol. The molecule has 0 aliphatic heterocycles. The van der Waals surface area contributed by atoms with E-state index < -0.39 is 7.26 Å². The summed E-state index contributed by atoms with van der Waals surface area (Å²) in [4.78, 5) is 0. The van der Waals surface area contributed by atoms with Gasteiger partial charge >= 0.3 is 172 Å². The Kier molecular flexibility index (Phi) is 8.31. The van der Waals surface area contributed by atoms with Crippen LogP contribution >= 0.6 is 7.26 Å². The molecule has 3 aromatic carbocycles. The monoisotopic (exact) mass is 390 g/mol. The van der Waals surface area contributed by atoms with Gasteiger partial charge in [-0.2, -0.15) is 0 Å². The molecule has 3 rings (SSSR count). The van der Waals surface area contributed by atoms with Crippen LogP contribution in [0, 0.1) is 0 Å². The molecule has 0 N–H and O–H groups in total. The zero-order chi connectivity index (χ0) is 19.5. The standard InChI is InChI=1S/C27H35P/c1-2-3-4-5-6-7-17-24-28(25-18-11-8-12-19-25,26-20-13-9-14-21-26)27-22-15-10-16-23-27/h8-16,18-23,28H,2-7,17,24H2,1H3. The molecule has 1 heteroatoms. The molecular formula is C27H35P. The van der Waals surface area contributed by atoms with Crippen LogP contribution in [0.25, 0.3) is 0 Å². The summed E-state index contributed by atoms with van der Waals surface area (Å²) in [5.41, 5.74) is 0. The summed E-state index contributed by atoms with van der Waals surface area (Å²) in [5.74, 6) is 0. The Bertz CT molecular complexity index is 684. The summed E-state index contributed by atoms with van der Waals surface area (Å²) >= 11 is 0. The van der Waals surface area contributed by atoms with Crippen LogP contribution in [0.5, 0.6) is 0 Å². The van der Waals surface area contributed by atoms with E-state index in [1.807, 2.05) is 0 Å². The van der Waals surface area contributed by atoms with Crippen molar-refractivity contribution in [3.8, 4) is 0 Å². The fourth-order valence-corrected chi connectivity index (χ4v) is 9.38. The Labute approximate surface area is 172 Å². The van der Waals surface area contributed by atoms with Crippen LogP contribution < -0.4 is 15.9 Å². The second kappa shape index (κ2) is 11.2. The van der Waals surface area contributed by atoms with Crippen LogP contribution in [0.4, 0.5) is 0 Å². The summed E-state index contributed by atoms with van der Waals surface area (Å²) in [6, 6.07) is 33.9. The normalized spacial score (nSPS) is 12.0. The van der Waals surface area contributed by atoms with Gasteiger partial charge in [0.2, 0.25) is 0 Å². The van der Waals surface area contributed by atoms with Gasteiger partial charge in [0.1, 0.15) is 0 Å². The van der Waals surface area contributed by atoms with E-state index in [2.05, 4.69) is 97.9 Å². The molecule has 0 amide bonds. The molecule has 28 heavy (non-hydrogen) atoms. The topological polar surface area (TPSA) is 0 Å². The summed E-state index contributed by atoms with van der Waals surface area (Å²) < 4.78 is 0. The van der Waals surface area contributed by atoms with Crippen molar-refractivity contribution in [2.75, 3.05) is 6.16 Å². The zero-order valence-corrected chi connectivity index (χ0v) is 18.3. The Morgan fingerprint density at radius 3 is 1.21 bits per heavy atom. The molecule has 148 valence electrons. The molecular weight excluding hydrogens is 355 g/mol. The average Bonchev–Trinajstić information content (AvgIpc) is 2.78. The van der Waals surface area contributed by atoms with Gasteiger partial charge < -0.3 is 0 Å². The first kappa shape index (κ1) is 20.8. The Hall–Kier alpha value is -1.91. The Balaban J connectivity index is 1.91. The van der Waals surface area contributed by atoms with E-state index in [4.69, 9.17) is 0 Å². The van der Waals surface area contributed by atoms with Gasteiger partial charge in [-0.3, -0.25) is 0 Å². The van der Waals surface area contributed by atoms with Gasteiger partial charge in [-0.05, 0) is 0 Å². The van der Waals surface area contributed by atoms with Crippen molar-refractivity contribution in [1.29, 1.82) is 0 Å². The van der Waals surface area contributed by atoms with Crippen LogP contribution in [0.3, 0.4) is 0 Å². The molecule has 0 atom stereocenters. The van der Waals surface area contributed by atoms with Crippen molar-refractivity contribution in [3.05, 3.63) is 91.0 Å². The van der Waals surface area contributed by atoms with Gasteiger partial charge in [-0.15, -0.1) is 0 Å². The van der Waals surface area contributed by atoms with E-state index in [0.29, 0.717) is 0 Å². The predicted octanol–water partition coefficient (Wildman–Crippen LogP) is 6.46. The SMILES string of the molecule is CCCCCCCCC[PH](c1ccccc1)(c1ccccc1)c1ccccc1. The van der Waals surface area contributed by atoms with Crippen LogP contribution in [0.1, 0.15) is 51.9 Å². The molecule has 0 fully saturated rings. The zero-order valence-electron chi connectivity index (χ0n) is 17.3. The number of hydrogen-bond acceptors (Lipinski definition) is 0. The van der Waals surface area contributed by atoms with E-state index in [-0.39, 0.29) is 0 Å². The minimum atomic E-state index is -2.00. The van der Waals surface area contributed by atoms with Gasteiger partial charge in [0.25, 0.3) is 0 Å². The van der Waals surface area contributed by atoms with E-state index in [0.717, 1.165) is 0 Å². The number of hydrogen-bond donors (Lipinski definition) is 0. The summed E-state index contributed by atoms with van der Waals surface area (Å²) in [7, 11) is -2.00. The van der Waals surface area contributed by atoms with Crippen molar-refractivity contribution in [2.24, 2.45) is 0 Å². The molecule has 3 aromatic rings. The van der Waals surface area contributed by atoms with Gasteiger partial charge in [0, 0.05) is 0 Å². The molecule has 0 saturated carbocycles. The summed E-state index contributed by atoms with van der Waals surface area (Å²) in [5, 5.41) is 4.62. The first-order valence-electron chi connectivity index (χ1n) is 11.0. The third-order valence-corrected chi connectivity index (χ3v) is 11.0. The molecule has 0 bridgehead atoms. The second-order valence-electron chi connectivity index (χ2n) is 7.87. The molecule has 0 aromatic heterocycles. The van der Waals surface area contributed by atoms with Gasteiger partial charge in [0.15, 0.2) is 0 Å². The maximum absolute atomic E-state index is 2.37. The maximum atomic E-state index is 2.37. The Morgan fingerprint density at radius 1 is 0.464 bits per heavy atom. The van der Waals surface area contributed by atoms with E-state index >= 15 is 0 Å².